The summed E-state index contributed by atoms with van der Waals surface area (Å²) in [7, 11) is 1.46. The molecule has 1 aromatic rings. The van der Waals surface area contributed by atoms with Crippen LogP contribution in [0.4, 0.5) is 4.39 Å². The zero-order valence-corrected chi connectivity index (χ0v) is 8.06. The average molecular weight is 235 g/mol. The van der Waals surface area contributed by atoms with Gasteiger partial charge in [-0.25, -0.2) is 4.39 Å². The maximum atomic E-state index is 13.0. The van der Waals surface area contributed by atoms with Crippen molar-refractivity contribution in [1.29, 1.82) is 0 Å². The van der Waals surface area contributed by atoms with Crippen LogP contribution in [0.15, 0.2) is 16.6 Å². The van der Waals surface area contributed by atoms with Gasteiger partial charge in [0.05, 0.1) is 18.2 Å². The molecular formula is C8H8BrFO2. The van der Waals surface area contributed by atoms with E-state index in [9.17, 15) is 4.39 Å². The number of hydrogen-bond acceptors (Lipinski definition) is 2. The fraction of sp³-hybridized carbons (Fsp3) is 0.250. The highest BCUT2D eigenvalue weighted by Gasteiger charge is 2.06. The second-order valence-corrected chi connectivity index (χ2v) is 3.09. The number of aliphatic hydroxyl groups is 1. The van der Waals surface area contributed by atoms with Gasteiger partial charge >= 0.3 is 0 Å². The first-order chi connectivity index (χ1) is 5.69. The van der Waals surface area contributed by atoms with Crippen molar-refractivity contribution in [2.24, 2.45) is 0 Å². The molecule has 0 bridgehead atoms. The van der Waals surface area contributed by atoms with Gasteiger partial charge in [-0.05, 0) is 22.0 Å². The van der Waals surface area contributed by atoms with Gasteiger partial charge in [0.25, 0.3) is 0 Å². The fourth-order valence-electron chi connectivity index (χ4n) is 0.847. The molecule has 0 aliphatic carbocycles. The second kappa shape index (κ2) is 3.87. The minimum Gasteiger partial charge on any atom is -0.495 e. The van der Waals surface area contributed by atoms with Crippen molar-refractivity contribution in [2.75, 3.05) is 7.11 Å². The summed E-state index contributed by atoms with van der Waals surface area (Å²) in [6, 6.07) is 2.73. The Hall–Kier alpha value is -0.610. The van der Waals surface area contributed by atoms with E-state index >= 15 is 0 Å². The number of ether oxygens (including phenoxy) is 1. The van der Waals surface area contributed by atoms with Crippen LogP contribution in [0.1, 0.15) is 5.56 Å². The Morgan fingerprint density at radius 1 is 1.58 bits per heavy atom. The highest BCUT2D eigenvalue weighted by atomic mass is 79.9. The highest BCUT2D eigenvalue weighted by Crippen LogP contribution is 2.27. The van der Waals surface area contributed by atoms with E-state index in [1.165, 1.54) is 19.2 Å². The van der Waals surface area contributed by atoms with Gasteiger partial charge in [-0.3, -0.25) is 0 Å². The molecule has 0 heterocycles. The van der Waals surface area contributed by atoms with Crippen molar-refractivity contribution >= 4 is 15.9 Å². The predicted octanol–water partition coefficient (Wildman–Crippen LogP) is 2.09. The van der Waals surface area contributed by atoms with Gasteiger partial charge in [0.15, 0.2) is 0 Å². The molecule has 0 spiro atoms. The molecule has 12 heavy (non-hydrogen) atoms. The molecular weight excluding hydrogens is 227 g/mol. The van der Waals surface area contributed by atoms with E-state index in [1.807, 2.05) is 0 Å². The third kappa shape index (κ3) is 1.76. The number of halogens is 2. The van der Waals surface area contributed by atoms with E-state index in [2.05, 4.69) is 15.9 Å². The molecule has 1 rings (SSSR count). The van der Waals surface area contributed by atoms with Crippen molar-refractivity contribution < 1.29 is 14.2 Å². The molecule has 0 radical (unpaired) electrons. The van der Waals surface area contributed by atoms with Crippen LogP contribution < -0.4 is 4.74 Å². The summed E-state index contributed by atoms with van der Waals surface area (Å²) in [6.45, 7) is -0.311. The third-order valence-electron chi connectivity index (χ3n) is 1.49. The van der Waals surface area contributed by atoms with Gasteiger partial charge in [-0.2, -0.15) is 0 Å². The highest BCUT2D eigenvalue weighted by molar-refractivity contribution is 9.10. The molecule has 0 unspecified atom stereocenters. The Bertz CT molecular complexity index is 259. The molecule has 66 valence electrons. The van der Waals surface area contributed by atoms with Gasteiger partial charge in [-0.15, -0.1) is 0 Å². The molecule has 0 fully saturated rings. The molecule has 0 aliphatic heterocycles. The smallest absolute Gasteiger partial charge is 0.135 e. The Kier molecular flexibility index (Phi) is 3.05. The fourth-order valence-corrected chi connectivity index (χ4v) is 1.40. The summed E-state index contributed by atoms with van der Waals surface area (Å²) in [6.07, 6.45) is 0. The van der Waals surface area contributed by atoms with E-state index in [0.717, 1.165) is 0 Å². The van der Waals surface area contributed by atoms with Crippen molar-refractivity contribution in [1.82, 2.24) is 0 Å². The van der Waals surface area contributed by atoms with E-state index in [-0.39, 0.29) is 12.2 Å². The molecule has 0 saturated carbocycles. The molecule has 0 saturated heterocycles. The summed E-state index contributed by atoms with van der Waals surface area (Å²) in [5.41, 5.74) is 0.252. The zero-order valence-electron chi connectivity index (χ0n) is 6.47. The van der Waals surface area contributed by atoms with Crippen LogP contribution in [0, 0.1) is 5.82 Å². The summed E-state index contributed by atoms with van der Waals surface area (Å²) in [5.74, 6) is -0.0396. The van der Waals surface area contributed by atoms with E-state index in [1.54, 1.807) is 0 Å². The number of benzene rings is 1. The Labute approximate surface area is 78.1 Å². The second-order valence-electron chi connectivity index (χ2n) is 2.24. The quantitative estimate of drug-likeness (QED) is 0.850. The lowest BCUT2D eigenvalue weighted by molar-refractivity contribution is 0.275. The number of methoxy groups -OCH3 is 1. The normalized spacial score (nSPS) is 10.0. The summed E-state index contributed by atoms with van der Waals surface area (Å²) >= 11 is 3.18. The molecule has 2 nitrogen and oxygen atoms in total. The first kappa shape index (κ1) is 9.48. The van der Waals surface area contributed by atoms with E-state index in [0.29, 0.717) is 10.2 Å². The molecule has 0 aliphatic rings. The molecule has 0 atom stereocenters. The maximum Gasteiger partial charge on any atom is 0.135 e. The van der Waals surface area contributed by atoms with Crippen LogP contribution in [-0.4, -0.2) is 12.2 Å². The Morgan fingerprint density at radius 2 is 2.25 bits per heavy atom. The van der Waals surface area contributed by atoms with Crippen LogP contribution in [-0.2, 0) is 6.61 Å². The minimum atomic E-state index is -0.461. The monoisotopic (exact) mass is 234 g/mol. The largest absolute Gasteiger partial charge is 0.495 e. The lowest BCUT2D eigenvalue weighted by Gasteiger charge is -2.05. The third-order valence-corrected chi connectivity index (χ3v) is 2.11. The van der Waals surface area contributed by atoms with Crippen LogP contribution in [0.25, 0.3) is 0 Å². The lowest BCUT2D eigenvalue weighted by Crippen LogP contribution is -1.92. The van der Waals surface area contributed by atoms with Gasteiger partial charge in [0.1, 0.15) is 11.6 Å². The zero-order chi connectivity index (χ0) is 9.14. The van der Waals surface area contributed by atoms with Crippen LogP contribution >= 0.6 is 15.9 Å². The topological polar surface area (TPSA) is 29.5 Å². The first-order valence-electron chi connectivity index (χ1n) is 3.31. The van der Waals surface area contributed by atoms with Gasteiger partial charge < -0.3 is 9.84 Å². The molecule has 1 aromatic carbocycles. The molecule has 4 heteroatoms. The SMILES string of the molecule is COc1cc(F)c(CO)cc1Br. The Morgan fingerprint density at radius 3 is 2.75 bits per heavy atom. The summed E-state index contributed by atoms with van der Waals surface area (Å²) < 4.78 is 18.4. The average Bonchev–Trinajstić information content (AvgIpc) is 2.08. The van der Waals surface area contributed by atoms with Gasteiger partial charge in [-0.1, -0.05) is 0 Å². The Balaban J connectivity index is 3.16. The number of rotatable bonds is 2. The number of aliphatic hydroxyl groups excluding tert-OH is 1. The van der Waals surface area contributed by atoms with Gasteiger partial charge in [0, 0.05) is 11.6 Å². The van der Waals surface area contributed by atoms with Crippen LogP contribution in [0.5, 0.6) is 5.75 Å². The first-order valence-corrected chi connectivity index (χ1v) is 4.11. The van der Waals surface area contributed by atoms with Gasteiger partial charge in [0.2, 0.25) is 0 Å². The van der Waals surface area contributed by atoms with Crippen molar-refractivity contribution in [2.45, 2.75) is 6.61 Å². The standard InChI is InChI=1S/C8H8BrFO2/c1-12-8-3-7(10)5(4-11)2-6(8)9/h2-3,11H,4H2,1H3. The summed E-state index contributed by atoms with van der Waals surface area (Å²) in [5, 5.41) is 8.70. The van der Waals surface area contributed by atoms with Crippen molar-refractivity contribution in [3.8, 4) is 5.75 Å². The maximum absolute atomic E-state index is 13.0. The van der Waals surface area contributed by atoms with Crippen molar-refractivity contribution in [3.63, 3.8) is 0 Å². The molecule has 1 N–H and O–H groups in total. The van der Waals surface area contributed by atoms with Crippen LogP contribution in [0.3, 0.4) is 0 Å². The van der Waals surface area contributed by atoms with Crippen LogP contribution in [0.2, 0.25) is 0 Å². The summed E-state index contributed by atoms with van der Waals surface area (Å²) in [4.78, 5) is 0. The minimum absolute atomic E-state index is 0.252. The number of hydrogen-bond donors (Lipinski definition) is 1. The lowest BCUT2D eigenvalue weighted by atomic mass is 10.2. The van der Waals surface area contributed by atoms with E-state index < -0.39 is 5.82 Å². The molecule has 0 amide bonds. The predicted molar refractivity (Wildman–Crippen MR) is 46.6 cm³/mol. The molecule has 0 aromatic heterocycles. The van der Waals surface area contributed by atoms with E-state index in [4.69, 9.17) is 9.84 Å². The van der Waals surface area contributed by atoms with Crippen molar-refractivity contribution in [3.05, 3.63) is 28.0 Å².